The second-order valence-corrected chi connectivity index (χ2v) is 8.53. The first-order valence-electron chi connectivity index (χ1n) is 8.99. The van der Waals surface area contributed by atoms with Gasteiger partial charge >= 0.3 is 7.60 Å². The van der Waals surface area contributed by atoms with E-state index >= 15 is 0 Å². The molecule has 0 saturated heterocycles. The average molecular weight is 320 g/mol. The predicted molar refractivity (Wildman–Crippen MR) is 91.8 cm³/mol. The van der Waals surface area contributed by atoms with E-state index in [4.69, 9.17) is 0 Å². The van der Waals surface area contributed by atoms with Gasteiger partial charge in [-0.2, -0.15) is 0 Å². The Bertz CT molecular complexity index is 276. The highest BCUT2D eigenvalue weighted by Gasteiger charge is 2.44. The summed E-state index contributed by atoms with van der Waals surface area (Å²) < 4.78 is 12.2. The van der Waals surface area contributed by atoms with E-state index in [-0.39, 0.29) is 0 Å². The molecule has 0 rings (SSSR count). The Labute approximate surface area is 132 Å². The van der Waals surface area contributed by atoms with Crippen LogP contribution >= 0.6 is 7.60 Å². The van der Waals surface area contributed by atoms with Gasteiger partial charge in [0.2, 0.25) is 0 Å². The molecule has 0 atom stereocenters. The maximum absolute atomic E-state index is 12.2. The molecule has 0 unspecified atom stereocenters. The first-order chi connectivity index (χ1) is 9.93. The normalized spacial score (nSPS) is 12.8. The SMILES string of the molecule is CCCCCCC(CCCCC)(CCCCC)P(=O)(O)O. The van der Waals surface area contributed by atoms with Crippen molar-refractivity contribution in [2.24, 2.45) is 0 Å². The molecule has 0 radical (unpaired) electrons. The standard InChI is InChI=1S/C17H37O3P/c1-4-7-10-13-16-17(21(18,19)20,14-11-8-5-2)15-12-9-6-3/h4-16H2,1-3H3,(H2,18,19,20). The fourth-order valence-corrected chi connectivity index (χ4v) is 4.45. The zero-order chi connectivity index (χ0) is 16.2. The summed E-state index contributed by atoms with van der Waals surface area (Å²) in [5.74, 6) is 0. The van der Waals surface area contributed by atoms with Crippen molar-refractivity contribution < 1.29 is 14.4 Å². The third-order valence-electron chi connectivity index (χ3n) is 4.60. The van der Waals surface area contributed by atoms with Crippen molar-refractivity contribution in [3.63, 3.8) is 0 Å². The van der Waals surface area contributed by atoms with Crippen molar-refractivity contribution in [1.29, 1.82) is 0 Å². The Morgan fingerprint density at radius 2 is 1.00 bits per heavy atom. The van der Waals surface area contributed by atoms with Crippen molar-refractivity contribution in [3.8, 4) is 0 Å². The smallest absolute Gasteiger partial charge is 0.324 e. The van der Waals surface area contributed by atoms with Crippen LogP contribution in [-0.2, 0) is 4.57 Å². The van der Waals surface area contributed by atoms with Gasteiger partial charge in [-0.05, 0) is 19.3 Å². The summed E-state index contributed by atoms with van der Waals surface area (Å²) in [6.45, 7) is 6.44. The predicted octanol–water partition coefficient (Wildman–Crippen LogP) is 6.03. The van der Waals surface area contributed by atoms with Gasteiger partial charge in [-0.1, -0.05) is 85.0 Å². The fourth-order valence-electron chi connectivity index (χ4n) is 3.10. The van der Waals surface area contributed by atoms with Gasteiger partial charge in [0.15, 0.2) is 0 Å². The summed E-state index contributed by atoms with van der Waals surface area (Å²) in [7, 11) is -4.04. The largest absolute Gasteiger partial charge is 0.331 e. The van der Waals surface area contributed by atoms with Crippen LogP contribution in [0.4, 0.5) is 0 Å². The minimum absolute atomic E-state index is 0.695. The van der Waals surface area contributed by atoms with Crippen molar-refractivity contribution in [3.05, 3.63) is 0 Å². The first kappa shape index (κ1) is 21.1. The van der Waals surface area contributed by atoms with Crippen LogP contribution in [0.15, 0.2) is 0 Å². The maximum atomic E-state index is 12.2. The van der Waals surface area contributed by atoms with Crippen LogP contribution in [0.5, 0.6) is 0 Å². The Kier molecular flexibility index (Phi) is 11.8. The van der Waals surface area contributed by atoms with Crippen LogP contribution in [0.3, 0.4) is 0 Å². The zero-order valence-electron chi connectivity index (χ0n) is 14.4. The van der Waals surface area contributed by atoms with Gasteiger partial charge in [0.1, 0.15) is 0 Å². The molecule has 2 N–H and O–H groups in total. The number of hydrogen-bond acceptors (Lipinski definition) is 1. The lowest BCUT2D eigenvalue weighted by molar-refractivity contribution is 0.282. The van der Waals surface area contributed by atoms with Crippen LogP contribution in [-0.4, -0.2) is 14.9 Å². The van der Waals surface area contributed by atoms with Gasteiger partial charge in [0.25, 0.3) is 0 Å². The zero-order valence-corrected chi connectivity index (χ0v) is 15.3. The van der Waals surface area contributed by atoms with E-state index in [1.165, 1.54) is 6.42 Å². The molecule has 0 aliphatic carbocycles. The molecule has 4 heteroatoms. The summed E-state index contributed by atoms with van der Waals surface area (Å²) in [6, 6.07) is 0. The molecule has 0 spiro atoms. The summed E-state index contributed by atoms with van der Waals surface area (Å²) in [4.78, 5) is 20.0. The summed E-state index contributed by atoms with van der Waals surface area (Å²) in [5.41, 5.74) is 0. The molecule has 0 heterocycles. The third-order valence-corrected chi connectivity index (χ3v) is 6.51. The molecular weight excluding hydrogens is 283 g/mol. The lowest BCUT2D eigenvalue weighted by atomic mass is 9.89. The highest BCUT2D eigenvalue weighted by Crippen LogP contribution is 2.58. The van der Waals surface area contributed by atoms with Crippen LogP contribution in [0.25, 0.3) is 0 Å². The van der Waals surface area contributed by atoms with E-state index in [9.17, 15) is 14.4 Å². The number of rotatable bonds is 14. The van der Waals surface area contributed by atoms with E-state index in [1.54, 1.807) is 0 Å². The Morgan fingerprint density at radius 3 is 1.33 bits per heavy atom. The van der Waals surface area contributed by atoms with Gasteiger partial charge < -0.3 is 9.79 Å². The highest BCUT2D eigenvalue weighted by atomic mass is 31.2. The molecule has 0 amide bonds. The molecule has 0 aliphatic rings. The Balaban J connectivity index is 4.79. The molecular formula is C17H37O3P. The van der Waals surface area contributed by atoms with E-state index < -0.39 is 12.8 Å². The van der Waals surface area contributed by atoms with Crippen molar-refractivity contribution in [1.82, 2.24) is 0 Å². The summed E-state index contributed by atoms with van der Waals surface area (Å²) in [5, 5.41) is -0.745. The first-order valence-corrected chi connectivity index (χ1v) is 10.6. The molecule has 0 bridgehead atoms. The van der Waals surface area contributed by atoms with E-state index in [0.29, 0.717) is 19.3 Å². The molecule has 0 fully saturated rings. The van der Waals surface area contributed by atoms with Gasteiger partial charge in [-0.3, -0.25) is 4.57 Å². The van der Waals surface area contributed by atoms with Gasteiger partial charge in [-0.25, -0.2) is 0 Å². The Hall–Kier alpha value is 0.150. The molecule has 0 aromatic carbocycles. The number of hydrogen-bond donors (Lipinski definition) is 2. The van der Waals surface area contributed by atoms with Crippen LogP contribution in [0.1, 0.15) is 104 Å². The molecule has 21 heavy (non-hydrogen) atoms. The van der Waals surface area contributed by atoms with Crippen LogP contribution < -0.4 is 0 Å². The quantitative estimate of drug-likeness (QED) is 0.303. The Morgan fingerprint density at radius 1 is 0.667 bits per heavy atom. The molecule has 0 aliphatic heterocycles. The van der Waals surface area contributed by atoms with Gasteiger partial charge in [0, 0.05) is 0 Å². The van der Waals surface area contributed by atoms with Gasteiger partial charge in [0.05, 0.1) is 5.16 Å². The lowest BCUT2D eigenvalue weighted by Gasteiger charge is -2.35. The minimum Gasteiger partial charge on any atom is -0.324 e. The second kappa shape index (κ2) is 11.7. The average Bonchev–Trinajstić information content (AvgIpc) is 2.42. The van der Waals surface area contributed by atoms with Crippen molar-refractivity contribution in [2.75, 3.05) is 0 Å². The third kappa shape index (κ3) is 8.38. The monoisotopic (exact) mass is 320 g/mol. The van der Waals surface area contributed by atoms with Crippen molar-refractivity contribution in [2.45, 2.75) is 109 Å². The molecule has 0 saturated carbocycles. The second-order valence-electron chi connectivity index (χ2n) is 6.49. The van der Waals surface area contributed by atoms with Gasteiger partial charge in [-0.15, -0.1) is 0 Å². The van der Waals surface area contributed by atoms with Crippen LogP contribution in [0.2, 0.25) is 0 Å². The van der Waals surface area contributed by atoms with Crippen LogP contribution in [0, 0.1) is 0 Å². The van der Waals surface area contributed by atoms with E-state index in [1.807, 2.05) is 0 Å². The molecule has 128 valence electrons. The summed E-state index contributed by atoms with van der Waals surface area (Å²) >= 11 is 0. The van der Waals surface area contributed by atoms with E-state index in [0.717, 1.165) is 57.8 Å². The van der Waals surface area contributed by atoms with E-state index in [2.05, 4.69) is 20.8 Å². The minimum atomic E-state index is -4.04. The lowest BCUT2D eigenvalue weighted by Crippen LogP contribution is -2.29. The maximum Gasteiger partial charge on any atom is 0.331 e. The number of unbranched alkanes of at least 4 members (excludes halogenated alkanes) is 7. The topological polar surface area (TPSA) is 57.5 Å². The molecule has 3 nitrogen and oxygen atoms in total. The fraction of sp³-hybridized carbons (Fsp3) is 1.00. The van der Waals surface area contributed by atoms with Crippen molar-refractivity contribution >= 4 is 7.60 Å². The highest BCUT2D eigenvalue weighted by molar-refractivity contribution is 7.53. The summed E-state index contributed by atoms with van der Waals surface area (Å²) in [6.07, 6.45) is 12.7. The molecule has 0 aromatic heterocycles. The molecule has 0 aromatic rings.